The van der Waals surface area contributed by atoms with Gasteiger partial charge in [0.1, 0.15) is 5.82 Å². The molecule has 2 aromatic carbocycles. The fourth-order valence-electron chi connectivity index (χ4n) is 1.95. The number of nitrogens with zero attached hydrogens (tertiary/aromatic N) is 1. The Morgan fingerprint density at radius 1 is 1.33 bits per heavy atom. The van der Waals surface area contributed by atoms with Crippen LogP contribution in [0, 0.1) is 22.9 Å². The molecule has 126 valence electrons. The van der Waals surface area contributed by atoms with Crippen LogP contribution in [0.25, 0.3) is 0 Å². The number of benzene rings is 2. The summed E-state index contributed by atoms with van der Waals surface area (Å²) in [5.74, 6) is -0.720. The Hall–Kier alpha value is -2.12. The summed E-state index contributed by atoms with van der Waals surface area (Å²) in [6, 6.07) is 9.37. The summed E-state index contributed by atoms with van der Waals surface area (Å²) in [7, 11) is 0. The molecule has 0 unspecified atom stereocenters. The van der Waals surface area contributed by atoms with Crippen LogP contribution in [0.2, 0.25) is 5.02 Å². The van der Waals surface area contributed by atoms with E-state index in [-0.39, 0.29) is 11.1 Å². The molecule has 0 aliphatic rings. The van der Waals surface area contributed by atoms with Crippen molar-refractivity contribution >= 4 is 35.0 Å². The molecule has 0 aliphatic heterocycles. The van der Waals surface area contributed by atoms with Gasteiger partial charge in [-0.1, -0.05) is 11.6 Å². The van der Waals surface area contributed by atoms with Gasteiger partial charge in [0.25, 0.3) is 11.6 Å². The molecular weight excluding hydrogens is 355 g/mol. The van der Waals surface area contributed by atoms with E-state index < -0.39 is 22.3 Å². The minimum Gasteiger partial charge on any atom is -0.351 e. The maximum Gasteiger partial charge on any atom is 0.276 e. The number of halogens is 2. The lowest BCUT2D eigenvalue weighted by molar-refractivity contribution is -0.385. The zero-order valence-electron chi connectivity index (χ0n) is 12.7. The third kappa shape index (κ3) is 4.69. The van der Waals surface area contributed by atoms with Gasteiger partial charge in [0.2, 0.25) is 0 Å². The molecule has 0 aromatic heterocycles. The summed E-state index contributed by atoms with van der Waals surface area (Å²) in [5, 5.41) is 14.2. The SMILES string of the molecule is Cc1c(F)cc(C(=O)NCCSc2ccc(Cl)cc2)cc1[N+](=O)[O-]. The molecule has 0 radical (unpaired) electrons. The van der Waals surface area contributed by atoms with Crippen LogP contribution in [0.5, 0.6) is 0 Å². The Kier molecular flexibility index (Phi) is 6.16. The van der Waals surface area contributed by atoms with Gasteiger partial charge >= 0.3 is 0 Å². The highest BCUT2D eigenvalue weighted by Crippen LogP contribution is 2.23. The van der Waals surface area contributed by atoms with E-state index >= 15 is 0 Å². The number of amides is 1. The van der Waals surface area contributed by atoms with E-state index in [1.165, 1.54) is 18.7 Å². The Morgan fingerprint density at radius 2 is 2.00 bits per heavy atom. The van der Waals surface area contributed by atoms with Gasteiger partial charge in [-0.05, 0) is 37.3 Å². The average molecular weight is 369 g/mol. The average Bonchev–Trinajstić information content (AvgIpc) is 2.55. The number of nitrogens with one attached hydrogen (secondary N) is 1. The smallest absolute Gasteiger partial charge is 0.276 e. The van der Waals surface area contributed by atoms with Crippen LogP contribution in [0.4, 0.5) is 10.1 Å². The fraction of sp³-hybridized carbons (Fsp3) is 0.188. The highest BCUT2D eigenvalue weighted by molar-refractivity contribution is 7.99. The summed E-state index contributed by atoms with van der Waals surface area (Å²) >= 11 is 7.32. The fourth-order valence-corrected chi connectivity index (χ4v) is 2.85. The summed E-state index contributed by atoms with van der Waals surface area (Å²) < 4.78 is 13.7. The highest BCUT2D eigenvalue weighted by Gasteiger charge is 2.19. The topological polar surface area (TPSA) is 72.2 Å². The Morgan fingerprint density at radius 3 is 2.62 bits per heavy atom. The largest absolute Gasteiger partial charge is 0.351 e. The lowest BCUT2D eigenvalue weighted by Crippen LogP contribution is -2.26. The second kappa shape index (κ2) is 8.12. The molecular formula is C16H14ClFN2O3S. The molecule has 0 aliphatic carbocycles. The van der Waals surface area contributed by atoms with E-state index in [0.29, 0.717) is 17.3 Å². The predicted octanol–water partition coefficient (Wildman–Crippen LogP) is 4.22. The summed E-state index contributed by atoms with van der Waals surface area (Å²) in [4.78, 5) is 23.2. The van der Waals surface area contributed by atoms with Crippen molar-refractivity contribution in [3.05, 3.63) is 68.5 Å². The van der Waals surface area contributed by atoms with Gasteiger partial charge in [-0.15, -0.1) is 11.8 Å². The van der Waals surface area contributed by atoms with Crippen molar-refractivity contribution in [3.63, 3.8) is 0 Å². The van der Waals surface area contributed by atoms with Gasteiger partial charge in [0.05, 0.1) is 10.5 Å². The van der Waals surface area contributed by atoms with Gasteiger partial charge < -0.3 is 5.32 Å². The van der Waals surface area contributed by atoms with Crippen molar-refractivity contribution < 1.29 is 14.1 Å². The zero-order valence-corrected chi connectivity index (χ0v) is 14.3. The normalized spacial score (nSPS) is 10.5. The van der Waals surface area contributed by atoms with Gasteiger partial charge in [-0.2, -0.15) is 0 Å². The number of rotatable bonds is 6. The molecule has 1 amide bonds. The zero-order chi connectivity index (χ0) is 17.7. The van der Waals surface area contributed by atoms with E-state index in [4.69, 9.17) is 11.6 Å². The first-order valence-electron chi connectivity index (χ1n) is 6.99. The lowest BCUT2D eigenvalue weighted by atomic mass is 10.1. The first kappa shape index (κ1) is 18.2. The Labute approximate surface area is 147 Å². The predicted molar refractivity (Wildman–Crippen MR) is 92.3 cm³/mol. The third-order valence-electron chi connectivity index (χ3n) is 3.25. The second-order valence-electron chi connectivity index (χ2n) is 4.92. The van der Waals surface area contributed by atoms with Crippen molar-refractivity contribution in [2.24, 2.45) is 0 Å². The van der Waals surface area contributed by atoms with Crippen molar-refractivity contribution in [2.75, 3.05) is 12.3 Å². The lowest BCUT2D eigenvalue weighted by Gasteiger charge is -2.07. The maximum absolute atomic E-state index is 13.7. The summed E-state index contributed by atoms with van der Waals surface area (Å²) in [5.41, 5.74) is -0.563. The Balaban J connectivity index is 1.93. The minimum atomic E-state index is -0.773. The van der Waals surface area contributed by atoms with Gasteiger partial charge in [-0.25, -0.2) is 4.39 Å². The molecule has 0 saturated heterocycles. The molecule has 1 N–H and O–H groups in total. The van der Waals surface area contributed by atoms with Gasteiger partial charge in [-0.3, -0.25) is 14.9 Å². The summed E-state index contributed by atoms with van der Waals surface area (Å²) in [6.07, 6.45) is 0. The van der Waals surface area contributed by atoms with E-state index in [9.17, 15) is 19.3 Å². The number of carbonyl (C=O) groups is 1. The molecule has 24 heavy (non-hydrogen) atoms. The molecule has 5 nitrogen and oxygen atoms in total. The van der Waals surface area contributed by atoms with Crippen molar-refractivity contribution in [1.82, 2.24) is 5.32 Å². The molecule has 0 saturated carbocycles. The van der Waals surface area contributed by atoms with E-state index in [1.54, 1.807) is 12.1 Å². The van der Waals surface area contributed by atoms with Gasteiger partial charge in [0.15, 0.2) is 0 Å². The maximum atomic E-state index is 13.7. The molecule has 0 bridgehead atoms. The quantitative estimate of drug-likeness (QED) is 0.358. The van der Waals surface area contributed by atoms with E-state index in [2.05, 4.69) is 5.32 Å². The van der Waals surface area contributed by atoms with Crippen molar-refractivity contribution in [1.29, 1.82) is 0 Å². The Bertz CT molecular complexity index is 769. The minimum absolute atomic E-state index is 0.0682. The monoisotopic (exact) mass is 368 g/mol. The van der Waals surface area contributed by atoms with Crippen LogP contribution < -0.4 is 5.32 Å². The summed E-state index contributed by atoms with van der Waals surface area (Å²) in [6.45, 7) is 1.65. The molecule has 0 atom stereocenters. The number of hydrogen-bond donors (Lipinski definition) is 1. The number of thioether (sulfide) groups is 1. The van der Waals surface area contributed by atoms with E-state index in [0.717, 1.165) is 17.0 Å². The van der Waals surface area contributed by atoms with Crippen LogP contribution in [0.15, 0.2) is 41.3 Å². The molecule has 0 spiro atoms. The number of nitro groups is 1. The molecule has 0 heterocycles. The first-order chi connectivity index (χ1) is 11.4. The van der Waals surface area contributed by atoms with Crippen molar-refractivity contribution in [2.45, 2.75) is 11.8 Å². The molecule has 0 fully saturated rings. The van der Waals surface area contributed by atoms with Crippen LogP contribution in [-0.2, 0) is 0 Å². The first-order valence-corrected chi connectivity index (χ1v) is 8.36. The van der Waals surface area contributed by atoms with Gasteiger partial charge in [0, 0.05) is 33.8 Å². The number of hydrogen-bond acceptors (Lipinski definition) is 4. The number of carbonyl (C=O) groups excluding carboxylic acids is 1. The number of nitro benzene ring substituents is 1. The highest BCUT2D eigenvalue weighted by atomic mass is 35.5. The second-order valence-corrected chi connectivity index (χ2v) is 6.52. The van der Waals surface area contributed by atoms with Crippen LogP contribution in [0.1, 0.15) is 15.9 Å². The van der Waals surface area contributed by atoms with E-state index in [1.807, 2.05) is 12.1 Å². The van der Waals surface area contributed by atoms with Crippen LogP contribution in [-0.4, -0.2) is 23.1 Å². The van der Waals surface area contributed by atoms with Crippen molar-refractivity contribution in [3.8, 4) is 0 Å². The standard InChI is InChI=1S/C16H14ClFN2O3S/c1-10-14(18)8-11(9-15(10)20(22)23)16(21)19-6-7-24-13-4-2-12(17)3-5-13/h2-5,8-9H,6-7H2,1H3,(H,19,21). The molecule has 2 rings (SSSR count). The molecule has 2 aromatic rings. The van der Waals surface area contributed by atoms with Crippen LogP contribution >= 0.6 is 23.4 Å². The van der Waals surface area contributed by atoms with Crippen LogP contribution in [0.3, 0.4) is 0 Å². The third-order valence-corrected chi connectivity index (χ3v) is 4.51. The molecule has 8 heteroatoms.